The number of piperidine rings is 1. The predicted octanol–water partition coefficient (Wildman–Crippen LogP) is 3.30. The van der Waals surface area contributed by atoms with E-state index in [0.717, 1.165) is 19.4 Å². The molecule has 1 amide bonds. The molecular weight excluding hydrogens is 294 g/mol. The van der Waals surface area contributed by atoms with Gasteiger partial charge in [0.05, 0.1) is 24.7 Å². The maximum Gasteiger partial charge on any atom is 0.225 e. The highest BCUT2D eigenvalue weighted by molar-refractivity contribution is 6.77. The van der Waals surface area contributed by atoms with Crippen LogP contribution in [0.15, 0.2) is 0 Å². The third kappa shape index (κ3) is 2.87. The van der Waals surface area contributed by atoms with Crippen molar-refractivity contribution in [3.05, 3.63) is 0 Å². The molecule has 0 saturated carbocycles. The van der Waals surface area contributed by atoms with Gasteiger partial charge >= 0.3 is 0 Å². The van der Waals surface area contributed by atoms with Gasteiger partial charge in [0.25, 0.3) is 0 Å². The second kappa shape index (κ2) is 6.61. The monoisotopic (exact) mass is 327 g/mol. The number of hydrogen-bond donors (Lipinski definition) is 1. The highest BCUT2D eigenvalue weighted by atomic mass is 28.4. The minimum Gasteiger partial charge on any atom is -0.411 e. The summed E-state index contributed by atoms with van der Waals surface area (Å²) in [5.41, 5.74) is 1.58. The van der Waals surface area contributed by atoms with Crippen molar-refractivity contribution in [1.82, 2.24) is 4.90 Å². The first-order valence-electron chi connectivity index (χ1n) is 8.87. The number of hydrogen-bond acceptors (Lipinski definition) is 3. The van der Waals surface area contributed by atoms with Crippen LogP contribution in [0, 0.1) is 0 Å². The molecule has 2 aliphatic rings. The van der Waals surface area contributed by atoms with Gasteiger partial charge in [0.15, 0.2) is 0 Å². The van der Waals surface area contributed by atoms with Crippen molar-refractivity contribution in [2.24, 2.45) is 0 Å². The molecule has 5 heteroatoms. The Hall–Kier alpha value is -0.393. The van der Waals surface area contributed by atoms with Gasteiger partial charge in [0.2, 0.25) is 14.2 Å². The van der Waals surface area contributed by atoms with Crippen LogP contribution in [0.5, 0.6) is 0 Å². The van der Waals surface area contributed by atoms with Gasteiger partial charge in [-0.3, -0.25) is 4.79 Å². The Balaban J connectivity index is 2.27. The Kier molecular flexibility index (Phi) is 5.40. The van der Waals surface area contributed by atoms with E-state index < -0.39 is 14.4 Å². The summed E-state index contributed by atoms with van der Waals surface area (Å²) < 4.78 is 6.88. The second-order valence-electron chi connectivity index (χ2n) is 7.97. The SMILES string of the molecule is CC(C)[Si](O[C@@H]1CCCN2C(=O)C[C@@H](O)[C@@H]12)(C(C)C)C(C)C. The summed E-state index contributed by atoms with van der Waals surface area (Å²) in [7, 11) is -1.98. The zero-order chi connectivity index (χ0) is 16.7. The summed E-state index contributed by atoms with van der Waals surface area (Å²) in [6.07, 6.45) is 1.67. The van der Waals surface area contributed by atoms with Crippen molar-refractivity contribution in [2.45, 2.75) is 95.7 Å². The van der Waals surface area contributed by atoms with E-state index in [1.54, 1.807) is 0 Å². The fraction of sp³-hybridized carbons (Fsp3) is 0.941. The normalized spacial score (nSPS) is 29.8. The average Bonchev–Trinajstić information content (AvgIpc) is 2.71. The van der Waals surface area contributed by atoms with Crippen molar-refractivity contribution < 1.29 is 14.3 Å². The van der Waals surface area contributed by atoms with Crippen molar-refractivity contribution in [3.63, 3.8) is 0 Å². The van der Waals surface area contributed by atoms with Gasteiger partial charge in [-0.15, -0.1) is 0 Å². The van der Waals surface area contributed by atoms with Gasteiger partial charge < -0.3 is 14.4 Å². The summed E-state index contributed by atoms with van der Waals surface area (Å²) in [6, 6.07) is -0.121. The average molecular weight is 328 g/mol. The van der Waals surface area contributed by atoms with Gasteiger partial charge in [-0.25, -0.2) is 0 Å². The fourth-order valence-corrected chi connectivity index (χ4v) is 10.5. The van der Waals surface area contributed by atoms with E-state index >= 15 is 0 Å². The maximum atomic E-state index is 12.1. The molecule has 4 nitrogen and oxygen atoms in total. The number of aliphatic hydroxyl groups is 1. The third-order valence-electron chi connectivity index (χ3n) is 5.79. The Morgan fingerprint density at radius 2 is 1.68 bits per heavy atom. The lowest BCUT2D eigenvalue weighted by molar-refractivity contribution is -0.132. The number of carbonyl (C=O) groups is 1. The molecule has 0 unspecified atom stereocenters. The van der Waals surface area contributed by atoms with Gasteiger partial charge in [-0.2, -0.15) is 0 Å². The molecule has 0 aromatic carbocycles. The van der Waals surface area contributed by atoms with Gasteiger partial charge in [0, 0.05) is 6.54 Å². The minimum absolute atomic E-state index is 0.00840. The van der Waals surface area contributed by atoms with Crippen LogP contribution in [0.3, 0.4) is 0 Å². The van der Waals surface area contributed by atoms with Crippen LogP contribution < -0.4 is 0 Å². The Morgan fingerprint density at radius 3 is 2.18 bits per heavy atom. The molecule has 2 fully saturated rings. The van der Waals surface area contributed by atoms with Crippen LogP contribution in [0.2, 0.25) is 16.6 Å². The van der Waals surface area contributed by atoms with Crippen molar-refractivity contribution in [2.75, 3.05) is 6.54 Å². The van der Waals surface area contributed by atoms with Crippen LogP contribution in [0.4, 0.5) is 0 Å². The van der Waals surface area contributed by atoms with Gasteiger partial charge in [-0.1, -0.05) is 41.5 Å². The second-order valence-corrected chi connectivity index (χ2v) is 13.4. The van der Waals surface area contributed by atoms with E-state index in [1.807, 2.05) is 4.90 Å². The van der Waals surface area contributed by atoms with Crippen molar-refractivity contribution in [3.8, 4) is 0 Å². The molecule has 0 aromatic rings. The molecule has 1 N–H and O–H groups in total. The number of amides is 1. The number of carbonyl (C=O) groups excluding carboxylic acids is 1. The Morgan fingerprint density at radius 1 is 1.14 bits per heavy atom. The molecule has 0 aliphatic carbocycles. The first-order chi connectivity index (χ1) is 10.2. The van der Waals surface area contributed by atoms with Crippen LogP contribution >= 0.6 is 0 Å². The van der Waals surface area contributed by atoms with E-state index in [9.17, 15) is 9.90 Å². The standard InChI is InChI=1S/C17H33NO3Si/c1-11(2)22(12(3)4,13(5)6)21-15-8-7-9-18-16(20)10-14(19)17(15)18/h11-15,17,19H,7-10H2,1-6H3/t14-,15-,17+/m1/s1. The minimum atomic E-state index is -1.98. The van der Waals surface area contributed by atoms with E-state index in [0.29, 0.717) is 16.6 Å². The lowest BCUT2D eigenvalue weighted by Gasteiger charge is -2.48. The molecular formula is C17H33NO3Si. The molecule has 3 atom stereocenters. The largest absolute Gasteiger partial charge is 0.411 e. The molecule has 0 aromatic heterocycles. The molecule has 2 saturated heterocycles. The lowest BCUT2D eigenvalue weighted by atomic mass is 9.98. The summed E-state index contributed by atoms with van der Waals surface area (Å²) >= 11 is 0. The van der Waals surface area contributed by atoms with Crippen LogP contribution in [-0.4, -0.2) is 49.0 Å². The smallest absolute Gasteiger partial charge is 0.225 e. The van der Waals surface area contributed by atoms with Gasteiger partial charge in [-0.05, 0) is 29.5 Å². The molecule has 0 spiro atoms. The van der Waals surface area contributed by atoms with E-state index in [-0.39, 0.29) is 24.5 Å². The first-order valence-corrected chi connectivity index (χ1v) is 11.0. The number of nitrogens with zero attached hydrogens (tertiary/aromatic N) is 1. The fourth-order valence-electron chi connectivity index (χ4n) is 4.95. The zero-order valence-electron chi connectivity index (χ0n) is 15.0. The first kappa shape index (κ1) is 18.0. The van der Waals surface area contributed by atoms with Crippen molar-refractivity contribution in [1.29, 1.82) is 0 Å². The summed E-state index contributed by atoms with van der Waals surface area (Å²) in [4.78, 5) is 13.9. The summed E-state index contributed by atoms with van der Waals surface area (Å²) in [6.45, 7) is 14.5. The Bertz CT molecular complexity index is 389. The van der Waals surface area contributed by atoms with Crippen molar-refractivity contribution >= 4 is 14.2 Å². The summed E-state index contributed by atoms with van der Waals surface area (Å²) in [5.74, 6) is 0.0942. The molecule has 2 heterocycles. The number of rotatable bonds is 5. The molecule has 22 heavy (non-hydrogen) atoms. The van der Waals surface area contributed by atoms with Crippen LogP contribution in [-0.2, 0) is 9.22 Å². The van der Waals surface area contributed by atoms with Crippen LogP contribution in [0.1, 0.15) is 60.8 Å². The predicted molar refractivity (Wildman–Crippen MR) is 91.3 cm³/mol. The van der Waals surface area contributed by atoms with E-state index in [2.05, 4.69) is 41.5 Å². The molecule has 0 radical (unpaired) electrons. The highest BCUT2D eigenvalue weighted by Gasteiger charge is 2.52. The molecule has 128 valence electrons. The quantitative estimate of drug-likeness (QED) is 0.788. The van der Waals surface area contributed by atoms with Gasteiger partial charge in [0.1, 0.15) is 0 Å². The lowest BCUT2D eigenvalue weighted by Crippen LogP contribution is -2.58. The Labute approximate surface area is 136 Å². The topological polar surface area (TPSA) is 49.8 Å². The molecule has 0 bridgehead atoms. The van der Waals surface area contributed by atoms with E-state index in [1.165, 1.54) is 0 Å². The zero-order valence-corrected chi connectivity index (χ0v) is 16.0. The number of fused-ring (bicyclic) bond motifs is 1. The molecule has 2 rings (SSSR count). The third-order valence-corrected chi connectivity index (χ3v) is 11.9. The number of aliphatic hydroxyl groups excluding tert-OH is 1. The van der Waals surface area contributed by atoms with E-state index in [4.69, 9.17) is 4.43 Å². The van der Waals surface area contributed by atoms with Crippen LogP contribution in [0.25, 0.3) is 0 Å². The molecule has 2 aliphatic heterocycles. The highest BCUT2D eigenvalue weighted by Crippen LogP contribution is 2.45. The summed E-state index contributed by atoms with van der Waals surface area (Å²) in [5, 5.41) is 10.4. The maximum absolute atomic E-state index is 12.1.